The Bertz CT molecular complexity index is 557. The number of anilines is 1. The Kier molecular flexibility index (Phi) is 4.08. The van der Waals surface area contributed by atoms with E-state index in [0.717, 1.165) is 42.9 Å². The van der Waals surface area contributed by atoms with Crippen molar-refractivity contribution < 1.29 is 8.42 Å². The van der Waals surface area contributed by atoms with E-state index >= 15 is 0 Å². The van der Waals surface area contributed by atoms with Gasteiger partial charge in [0.15, 0.2) is 5.82 Å². The Morgan fingerprint density at radius 3 is 2.84 bits per heavy atom. The smallest absolute Gasteiger partial charge is 0.154 e. The van der Waals surface area contributed by atoms with E-state index in [2.05, 4.69) is 15.1 Å². The van der Waals surface area contributed by atoms with Crippen LogP contribution in [-0.2, 0) is 9.84 Å². The molecule has 5 nitrogen and oxygen atoms in total. The fourth-order valence-corrected chi connectivity index (χ4v) is 3.77. The summed E-state index contributed by atoms with van der Waals surface area (Å²) in [6, 6.07) is 0. The minimum absolute atomic E-state index is 0.200. The fraction of sp³-hybridized carbons (Fsp3) is 0.692. The molecule has 1 aliphatic rings. The van der Waals surface area contributed by atoms with E-state index in [1.54, 1.807) is 6.20 Å². The zero-order valence-electron chi connectivity index (χ0n) is 11.8. The average Bonchev–Trinajstić information content (AvgIpc) is 2.31. The molecule has 1 aromatic heterocycles. The number of hydrogen-bond donors (Lipinski definition) is 0. The zero-order chi connectivity index (χ0) is 14.0. The van der Waals surface area contributed by atoms with Gasteiger partial charge in [-0.15, -0.1) is 5.10 Å². The second-order valence-electron chi connectivity index (χ2n) is 5.52. The average molecular weight is 283 g/mol. The van der Waals surface area contributed by atoms with Crippen LogP contribution in [0.1, 0.15) is 24.0 Å². The first-order chi connectivity index (χ1) is 8.87. The molecule has 106 valence electrons. The zero-order valence-corrected chi connectivity index (χ0v) is 12.6. The van der Waals surface area contributed by atoms with Gasteiger partial charge >= 0.3 is 0 Å². The van der Waals surface area contributed by atoms with Crippen molar-refractivity contribution in [1.29, 1.82) is 0 Å². The largest absolute Gasteiger partial charge is 0.355 e. The summed E-state index contributed by atoms with van der Waals surface area (Å²) >= 11 is 0. The van der Waals surface area contributed by atoms with Gasteiger partial charge in [0.1, 0.15) is 9.84 Å². The Balaban J connectivity index is 2.15. The van der Waals surface area contributed by atoms with Gasteiger partial charge in [0.2, 0.25) is 0 Å². The van der Waals surface area contributed by atoms with Gasteiger partial charge in [0, 0.05) is 19.3 Å². The van der Waals surface area contributed by atoms with E-state index in [1.165, 1.54) is 6.26 Å². The minimum Gasteiger partial charge on any atom is -0.355 e. The van der Waals surface area contributed by atoms with Crippen molar-refractivity contribution in [3.8, 4) is 0 Å². The van der Waals surface area contributed by atoms with Gasteiger partial charge in [-0.25, -0.2) is 8.42 Å². The third-order valence-corrected chi connectivity index (χ3v) is 4.76. The van der Waals surface area contributed by atoms with E-state index < -0.39 is 9.84 Å². The van der Waals surface area contributed by atoms with Crippen LogP contribution in [0.15, 0.2) is 6.20 Å². The number of rotatable bonds is 3. The van der Waals surface area contributed by atoms with Crippen molar-refractivity contribution in [3.63, 3.8) is 0 Å². The molecule has 1 atom stereocenters. The molecule has 0 N–H and O–H groups in total. The summed E-state index contributed by atoms with van der Waals surface area (Å²) in [7, 11) is -2.91. The second kappa shape index (κ2) is 5.45. The molecule has 1 fully saturated rings. The third-order valence-electron chi connectivity index (χ3n) is 3.69. The second-order valence-corrected chi connectivity index (χ2v) is 7.71. The molecule has 1 aliphatic heterocycles. The summed E-state index contributed by atoms with van der Waals surface area (Å²) in [5, 5.41) is 8.23. The van der Waals surface area contributed by atoms with Gasteiger partial charge in [-0.05, 0) is 43.7 Å². The molecular formula is C13H21N3O2S. The monoisotopic (exact) mass is 283 g/mol. The topological polar surface area (TPSA) is 63.2 Å². The quantitative estimate of drug-likeness (QED) is 0.838. The van der Waals surface area contributed by atoms with E-state index in [0.29, 0.717) is 0 Å². The number of aromatic nitrogens is 2. The predicted molar refractivity (Wildman–Crippen MR) is 76.2 cm³/mol. The van der Waals surface area contributed by atoms with Crippen LogP contribution in [0.5, 0.6) is 0 Å². The maximum atomic E-state index is 11.4. The Morgan fingerprint density at radius 2 is 2.16 bits per heavy atom. The molecule has 6 heteroatoms. The van der Waals surface area contributed by atoms with Gasteiger partial charge in [-0.1, -0.05) is 0 Å². The van der Waals surface area contributed by atoms with Crippen LogP contribution in [0.4, 0.5) is 5.82 Å². The van der Waals surface area contributed by atoms with Crippen LogP contribution in [0.25, 0.3) is 0 Å². The summed E-state index contributed by atoms with van der Waals surface area (Å²) < 4.78 is 22.8. The molecule has 0 amide bonds. The summed E-state index contributed by atoms with van der Waals surface area (Å²) in [6.07, 6.45) is 5.05. The lowest BCUT2D eigenvalue weighted by Crippen LogP contribution is -2.39. The SMILES string of the molecule is Cc1cnnc(N2CCCC(CS(C)(=O)=O)C2)c1C. The van der Waals surface area contributed by atoms with Crippen molar-refractivity contribution in [2.75, 3.05) is 30.0 Å². The van der Waals surface area contributed by atoms with Gasteiger partial charge in [-0.2, -0.15) is 5.10 Å². The van der Waals surface area contributed by atoms with Crippen LogP contribution in [0.3, 0.4) is 0 Å². The number of aryl methyl sites for hydroxylation is 1. The van der Waals surface area contributed by atoms with Gasteiger partial charge < -0.3 is 4.90 Å². The Morgan fingerprint density at radius 1 is 1.42 bits per heavy atom. The van der Waals surface area contributed by atoms with Crippen LogP contribution in [0, 0.1) is 19.8 Å². The van der Waals surface area contributed by atoms with E-state index in [1.807, 2.05) is 13.8 Å². The molecule has 0 radical (unpaired) electrons. The van der Waals surface area contributed by atoms with Crippen LogP contribution in [-0.4, -0.2) is 43.7 Å². The van der Waals surface area contributed by atoms with Gasteiger partial charge in [0.25, 0.3) is 0 Å². The molecular weight excluding hydrogens is 262 g/mol. The molecule has 1 saturated heterocycles. The van der Waals surface area contributed by atoms with Crippen molar-refractivity contribution >= 4 is 15.7 Å². The lowest BCUT2D eigenvalue weighted by Gasteiger charge is -2.33. The molecule has 1 aromatic rings. The van der Waals surface area contributed by atoms with Gasteiger partial charge in [-0.3, -0.25) is 0 Å². The van der Waals surface area contributed by atoms with Gasteiger partial charge in [0.05, 0.1) is 11.9 Å². The normalized spacial score (nSPS) is 20.6. The first kappa shape index (κ1) is 14.2. The van der Waals surface area contributed by atoms with Crippen molar-refractivity contribution in [2.24, 2.45) is 5.92 Å². The third kappa shape index (κ3) is 3.65. The molecule has 0 saturated carbocycles. The van der Waals surface area contributed by atoms with Crippen molar-refractivity contribution in [2.45, 2.75) is 26.7 Å². The lowest BCUT2D eigenvalue weighted by molar-refractivity contribution is 0.441. The number of sulfone groups is 1. The van der Waals surface area contributed by atoms with E-state index in [-0.39, 0.29) is 11.7 Å². The maximum absolute atomic E-state index is 11.4. The highest BCUT2D eigenvalue weighted by Crippen LogP contribution is 2.25. The highest BCUT2D eigenvalue weighted by Gasteiger charge is 2.25. The summed E-state index contributed by atoms with van der Waals surface area (Å²) in [6.45, 7) is 5.75. The molecule has 0 aliphatic carbocycles. The highest BCUT2D eigenvalue weighted by atomic mass is 32.2. The van der Waals surface area contributed by atoms with E-state index in [9.17, 15) is 8.42 Å². The lowest BCUT2D eigenvalue weighted by atomic mass is 9.99. The molecule has 0 bridgehead atoms. The van der Waals surface area contributed by atoms with Crippen LogP contribution in [0.2, 0.25) is 0 Å². The van der Waals surface area contributed by atoms with Crippen LogP contribution < -0.4 is 4.90 Å². The summed E-state index contributed by atoms with van der Waals surface area (Å²) in [5.41, 5.74) is 2.25. The molecule has 0 spiro atoms. The first-order valence-corrected chi connectivity index (χ1v) is 8.64. The molecule has 2 rings (SSSR count). The maximum Gasteiger partial charge on any atom is 0.154 e. The molecule has 0 aromatic carbocycles. The fourth-order valence-electron chi connectivity index (χ4n) is 2.64. The van der Waals surface area contributed by atoms with Crippen molar-refractivity contribution in [3.05, 3.63) is 17.3 Å². The summed E-state index contributed by atoms with van der Waals surface area (Å²) in [5.74, 6) is 1.37. The predicted octanol–water partition coefficient (Wildman–Crippen LogP) is 1.35. The number of hydrogen-bond acceptors (Lipinski definition) is 5. The Labute approximate surface area is 115 Å². The van der Waals surface area contributed by atoms with E-state index in [4.69, 9.17) is 0 Å². The molecule has 19 heavy (non-hydrogen) atoms. The standard InChI is InChI=1S/C13H21N3O2S/c1-10-7-14-15-13(11(10)2)16-6-4-5-12(8-16)9-19(3,17)18/h7,12H,4-6,8-9H2,1-3H3. The minimum atomic E-state index is -2.91. The highest BCUT2D eigenvalue weighted by molar-refractivity contribution is 7.90. The number of piperidine rings is 1. The molecule has 1 unspecified atom stereocenters. The first-order valence-electron chi connectivity index (χ1n) is 6.58. The summed E-state index contributed by atoms with van der Waals surface area (Å²) in [4.78, 5) is 2.18. The number of nitrogens with zero attached hydrogens (tertiary/aromatic N) is 3. The molecule has 2 heterocycles. The Hall–Kier alpha value is -1.17. The van der Waals surface area contributed by atoms with Crippen LogP contribution >= 0.6 is 0 Å². The van der Waals surface area contributed by atoms with Crippen molar-refractivity contribution in [1.82, 2.24) is 10.2 Å².